The van der Waals surface area contributed by atoms with Crippen LogP contribution in [0.15, 0.2) is 23.8 Å². The molecule has 0 aliphatic carbocycles. The van der Waals surface area contributed by atoms with Crippen molar-refractivity contribution in [2.75, 3.05) is 18.4 Å². The van der Waals surface area contributed by atoms with Crippen molar-refractivity contribution in [3.05, 3.63) is 46.0 Å². The molecule has 2 amide bonds. The molecule has 1 aliphatic rings. The van der Waals surface area contributed by atoms with Gasteiger partial charge in [-0.25, -0.2) is 14.2 Å². The van der Waals surface area contributed by atoms with E-state index in [0.29, 0.717) is 47.5 Å². The average molecular weight is 367 g/mol. The highest BCUT2D eigenvalue weighted by Gasteiger charge is 2.20. The molecule has 1 aromatic carbocycles. The van der Waals surface area contributed by atoms with Gasteiger partial charge in [0.05, 0.1) is 0 Å². The van der Waals surface area contributed by atoms with Crippen LogP contribution in [-0.2, 0) is 0 Å². The maximum Gasteiger partial charge on any atom is 0.323 e. The van der Waals surface area contributed by atoms with Crippen LogP contribution in [0.3, 0.4) is 0 Å². The van der Waals surface area contributed by atoms with Gasteiger partial charge in [0.25, 0.3) is 0 Å². The molecule has 0 bridgehead atoms. The van der Waals surface area contributed by atoms with Crippen LogP contribution in [-0.4, -0.2) is 33.4 Å². The predicted octanol–water partition coefficient (Wildman–Crippen LogP) is 4.35. The first kappa shape index (κ1) is 16.9. The molecule has 1 aliphatic heterocycles. The van der Waals surface area contributed by atoms with Crippen molar-refractivity contribution in [2.24, 2.45) is 0 Å². The van der Waals surface area contributed by atoms with E-state index in [1.165, 1.54) is 6.07 Å². The Balaban J connectivity index is 1.59. The van der Waals surface area contributed by atoms with Crippen LogP contribution in [0.4, 0.5) is 14.3 Å². The number of nitrogens with one attached hydrogen (secondary N) is 1. The van der Waals surface area contributed by atoms with E-state index in [4.69, 9.17) is 11.6 Å². The minimum atomic E-state index is -0.332. The van der Waals surface area contributed by atoms with Gasteiger partial charge in [0.15, 0.2) is 0 Å². The van der Waals surface area contributed by atoms with Crippen LogP contribution in [0.2, 0.25) is 5.02 Å². The largest absolute Gasteiger partial charge is 0.324 e. The Morgan fingerprint density at radius 2 is 2.17 bits per heavy atom. The molecule has 1 aromatic heterocycles. The second kappa shape index (κ2) is 7.27. The van der Waals surface area contributed by atoms with E-state index in [9.17, 15) is 9.18 Å². The van der Waals surface area contributed by atoms with Gasteiger partial charge < -0.3 is 4.90 Å². The third kappa shape index (κ3) is 4.10. The van der Waals surface area contributed by atoms with Crippen LogP contribution in [0, 0.1) is 12.7 Å². The molecule has 8 heteroatoms. The lowest BCUT2D eigenvalue weighted by molar-refractivity contribution is 0.208. The molecule has 0 atom stereocenters. The minimum Gasteiger partial charge on any atom is -0.324 e. The average Bonchev–Trinajstić information content (AvgIpc) is 2.96. The Hall–Kier alpha value is -1.99. The van der Waals surface area contributed by atoms with E-state index < -0.39 is 0 Å². The van der Waals surface area contributed by atoms with Gasteiger partial charge in [-0.3, -0.25) is 5.32 Å². The fourth-order valence-corrected chi connectivity index (χ4v) is 3.22. The summed E-state index contributed by atoms with van der Waals surface area (Å²) in [5.41, 5.74) is 1.64. The maximum absolute atomic E-state index is 13.8. The summed E-state index contributed by atoms with van der Waals surface area (Å²) in [6.45, 7) is 2.95. The zero-order valence-electron chi connectivity index (χ0n) is 13.1. The lowest BCUT2D eigenvalue weighted by atomic mass is 10.0. The number of carbonyl (C=O) groups is 1. The normalized spacial score (nSPS) is 14.6. The first-order chi connectivity index (χ1) is 11.5. The number of benzene rings is 1. The van der Waals surface area contributed by atoms with Crippen molar-refractivity contribution in [1.82, 2.24) is 14.3 Å². The topological polar surface area (TPSA) is 58.1 Å². The van der Waals surface area contributed by atoms with Crippen molar-refractivity contribution >= 4 is 40.4 Å². The number of likely N-dealkylation sites (tertiary alicyclic amines) is 1. The van der Waals surface area contributed by atoms with Crippen LogP contribution in [0.5, 0.6) is 0 Å². The van der Waals surface area contributed by atoms with Crippen LogP contribution in [0.1, 0.15) is 24.2 Å². The fraction of sp³-hybridized carbons (Fsp3) is 0.312. The number of halogens is 2. The van der Waals surface area contributed by atoms with E-state index in [1.54, 1.807) is 24.0 Å². The molecule has 2 aromatic rings. The molecule has 0 saturated carbocycles. The quantitative estimate of drug-likeness (QED) is 0.859. The Bertz CT molecular complexity index is 782. The van der Waals surface area contributed by atoms with Gasteiger partial charge in [0, 0.05) is 35.2 Å². The molecule has 126 valence electrons. The highest BCUT2D eigenvalue weighted by atomic mass is 35.5. The van der Waals surface area contributed by atoms with Gasteiger partial charge in [0.2, 0.25) is 5.13 Å². The van der Waals surface area contributed by atoms with E-state index in [-0.39, 0.29) is 11.8 Å². The van der Waals surface area contributed by atoms with Gasteiger partial charge in [-0.15, -0.1) is 0 Å². The number of carbonyl (C=O) groups excluding carboxylic acids is 1. The molecular weight excluding hydrogens is 351 g/mol. The molecular formula is C16H16ClFN4OS. The molecule has 0 radical (unpaired) electrons. The molecule has 1 N–H and O–H groups in total. The summed E-state index contributed by atoms with van der Waals surface area (Å²) in [4.78, 5) is 18.0. The highest BCUT2D eigenvalue weighted by molar-refractivity contribution is 7.09. The monoisotopic (exact) mass is 366 g/mol. The van der Waals surface area contributed by atoms with Crippen LogP contribution in [0.25, 0.3) is 6.08 Å². The number of amides is 2. The number of aryl methyl sites for hydroxylation is 1. The summed E-state index contributed by atoms with van der Waals surface area (Å²) in [7, 11) is 0. The number of rotatable bonds is 2. The van der Waals surface area contributed by atoms with Gasteiger partial charge in [-0.2, -0.15) is 4.37 Å². The summed E-state index contributed by atoms with van der Waals surface area (Å²) in [5.74, 6) is 0.311. The van der Waals surface area contributed by atoms with Gasteiger partial charge >= 0.3 is 6.03 Å². The lowest BCUT2D eigenvalue weighted by Gasteiger charge is -2.28. The number of hydrogen-bond donors (Lipinski definition) is 1. The summed E-state index contributed by atoms with van der Waals surface area (Å²) in [6, 6.07) is 4.47. The Morgan fingerprint density at radius 3 is 2.79 bits per heavy atom. The minimum absolute atomic E-state index is 0.178. The van der Waals surface area contributed by atoms with Crippen molar-refractivity contribution in [3.63, 3.8) is 0 Å². The Labute approximate surface area is 148 Å². The number of anilines is 1. The van der Waals surface area contributed by atoms with Crippen molar-refractivity contribution in [2.45, 2.75) is 19.8 Å². The first-order valence-corrected chi connectivity index (χ1v) is 8.67. The lowest BCUT2D eigenvalue weighted by Crippen LogP contribution is -2.39. The second-order valence-corrected chi connectivity index (χ2v) is 6.72. The highest BCUT2D eigenvalue weighted by Crippen LogP contribution is 2.23. The molecule has 1 saturated heterocycles. The second-order valence-electron chi connectivity index (χ2n) is 5.53. The summed E-state index contributed by atoms with van der Waals surface area (Å²) >= 11 is 6.92. The number of nitrogens with zero attached hydrogens (tertiary/aromatic N) is 3. The first-order valence-electron chi connectivity index (χ1n) is 7.52. The molecule has 3 rings (SSSR count). The summed E-state index contributed by atoms with van der Waals surface area (Å²) in [5, 5.41) is 3.63. The molecule has 5 nitrogen and oxygen atoms in total. The number of urea groups is 1. The maximum atomic E-state index is 13.8. The van der Waals surface area contributed by atoms with Crippen LogP contribution >= 0.6 is 23.1 Å². The Morgan fingerprint density at radius 1 is 1.42 bits per heavy atom. The number of aromatic nitrogens is 2. The standard InChI is InChI=1S/C16H16ClFN4OS/c1-10-19-15(24-21-10)20-16(23)22-6-4-11(5-7-22)8-12-2-3-13(17)9-14(12)18/h2-3,8-9H,4-7H2,1H3,(H,19,20,21,23). The van der Waals surface area contributed by atoms with Gasteiger partial charge in [-0.1, -0.05) is 29.3 Å². The molecule has 1 fully saturated rings. The summed E-state index contributed by atoms with van der Waals surface area (Å²) in [6.07, 6.45) is 3.27. The SMILES string of the molecule is Cc1nsc(NC(=O)N2CCC(=Cc3ccc(Cl)cc3F)CC2)n1. The zero-order chi connectivity index (χ0) is 17.1. The molecule has 24 heavy (non-hydrogen) atoms. The molecule has 0 spiro atoms. The van der Waals surface area contributed by atoms with E-state index >= 15 is 0 Å². The van der Waals surface area contributed by atoms with Crippen LogP contribution < -0.4 is 5.32 Å². The molecule has 0 unspecified atom stereocenters. The van der Waals surface area contributed by atoms with Crippen molar-refractivity contribution in [3.8, 4) is 0 Å². The number of hydrogen-bond acceptors (Lipinski definition) is 4. The number of piperidine rings is 1. The zero-order valence-corrected chi connectivity index (χ0v) is 14.6. The van der Waals surface area contributed by atoms with E-state index in [0.717, 1.165) is 17.1 Å². The third-order valence-electron chi connectivity index (χ3n) is 3.76. The predicted molar refractivity (Wildman–Crippen MR) is 93.9 cm³/mol. The fourth-order valence-electron chi connectivity index (χ4n) is 2.50. The summed E-state index contributed by atoms with van der Waals surface area (Å²) < 4.78 is 17.9. The van der Waals surface area contributed by atoms with Crippen molar-refractivity contribution < 1.29 is 9.18 Å². The van der Waals surface area contributed by atoms with Crippen molar-refractivity contribution in [1.29, 1.82) is 0 Å². The smallest absolute Gasteiger partial charge is 0.323 e. The van der Waals surface area contributed by atoms with Gasteiger partial charge in [-0.05, 0) is 31.9 Å². The third-order valence-corrected chi connectivity index (χ3v) is 4.71. The Kier molecular flexibility index (Phi) is 5.11. The molecule has 2 heterocycles. The van der Waals surface area contributed by atoms with E-state index in [1.807, 2.05) is 6.08 Å². The van der Waals surface area contributed by atoms with Gasteiger partial charge in [0.1, 0.15) is 11.6 Å². The van der Waals surface area contributed by atoms with E-state index in [2.05, 4.69) is 14.7 Å².